The Labute approximate surface area is 178 Å². The standard InChI is InChI=1S/C21H23N3O7/c1-29-18-9-13-7-8-23(17(12-20(25)31-3)16(13)11-19(18)30-2)21(26)22-14-5-4-6-15(10-14)24(27)28/h4-6,9-11,17H,7-8,12H2,1-3H3,(H,22,26). The van der Waals surface area contributed by atoms with E-state index in [4.69, 9.17) is 14.2 Å². The minimum absolute atomic E-state index is 0.0542. The Balaban J connectivity index is 1.94. The van der Waals surface area contributed by atoms with Gasteiger partial charge in [0.1, 0.15) is 0 Å². The third-order valence-electron chi connectivity index (χ3n) is 5.16. The zero-order chi connectivity index (χ0) is 22.5. The molecule has 0 aromatic heterocycles. The maximum Gasteiger partial charge on any atom is 0.322 e. The molecule has 1 aliphatic rings. The van der Waals surface area contributed by atoms with Gasteiger partial charge in [0.2, 0.25) is 0 Å². The van der Waals surface area contributed by atoms with Crippen molar-refractivity contribution in [2.24, 2.45) is 0 Å². The van der Waals surface area contributed by atoms with Crippen molar-refractivity contribution >= 4 is 23.4 Å². The van der Waals surface area contributed by atoms with Gasteiger partial charge >= 0.3 is 12.0 Å². The first-order valence-electron chi connectivity index (χ1n) is 9.51. The lowest BCUT2D eigenvalue weighted by Crippen LogP contribution is -2.43. The Morgan fingerprint density at radius 2 is 1.87 bits per heavy atom. The van der Waals surface area contributed by atoms with E-state index in [0.29, 0.717) is 24.5 Å². The molecule has 2 amide bonds. The molecule has 1 unspecified atom stereocenters. The third kappa shape index (κ3) is 4.68. The number of carbonyl (C=O) groups is 2. The summed E-state index contributed by atoms with van der Waals surface area (Å²) in [4.78, 5) is 37.1. The molecule has 1 N–H and O–H groups in total. The number of ether oxygens (including phenoxy) is 3. The predicted molar refractivity (Wildman–Crippen MR) is 111 cm³/mol. The van der Waals surface area contributed by atoms with Crippen molar-refractivity contribution in [2.75, 3.05) is 33.2 Å². The summed E-state index contributed by atoms with van der Waals surface area (Å²) in [5.74, 6) is 0.574. The van der Waals surface area contributed by atoms with Crippen molar-refractivity contribution in [3.8, 4) is 11.5 Å². The zero-order valence-corrected chi connectivity index (χ0v) is 17.4. The average molecular weight is 429 g/mol. The molecule has 10 heteroatoms. The fourth-order valence-corrected chi connectivity index (χ4v) is 3.63. The SMILES string of the molecule is COC(=O)CC1c2cc(OC)c(OC)cc2CCN1C(=O)Nc1cccc([N+](=O)[O-])c1. The molecule has 1 heterocycles. The maximum absolute atomic E-state index is 13.1. The first-order chi connectivity index (χ1) is 14.9. The zero-order valence-electron chi connectivity index (χ0n) is 17.4. The number of nitro benzene ring substituents is 1. The van der Waals surface area contributed by atoms with Crippen LogP contribution in [0.4, 0.5) is 16.2 Å². The third-order valence-corrected chi connectivity index (χ3v) is 5.16. The maximum atomic E-state index is 13.1. The van der Waals surface area contributed by atoms with Gasteiger partial charge in [-0.3, -0.25) is 14.9 Å². The number of anilines is 1. The van der Waals surface area contributed by atoms with Crippen LogP contribution in [0.5, 0.6) is 11.5 Å². The number of nitrogens with one attached hydrogen (secondary N) is 1. The highest BCUT2D eigenvalue weighted by Gasteiger charge is 2.34. The highest BCUT2D eigenvalue weighted by atomic mass is 16.6. The van der Waals surface area contributed by atoms with Gasteiger partial charge < -0.3 is 24.4 Å². The fourth-order valence-electron chi connectivity index (χ4n) is 3.63. The summed E-state index contributed by atoms with van der Waals surface area (Å²) in [6.45, 7) is 0.338. The predicted octanol–water partition coefficient (Wildman–Crippen LogP) is 3.31. The van der Waals surface area contributed by atoms with Crippen LogP contribution >= 0.6 is 0 Å². The van der Waals surface area contributed by atoms with E-state index in [2.05, 4.69) is 5.32 Å². The van der Waals surface area contributed by atoms with Gasteiger partial charge in [0.25, 0.3) is 5.69 Å². The van der Waals surface area contributed by atoms with Crippen LogP contribution in [0.15, 0.2) is 36.4 Å². The van der Waals surface area contributed by atoms with Crippen LogP contribution in [0.2, 0.25) is 0 Å². The lowest BCUT2D eigenvalue weighted by atomic mass is 9.90. The van der Waals surface area contributed by atoms with Gasteiger partial charge in [0, 0.05) is 24.4 Å². The van der Waals surface area contributed by atoms with E-state index < -0.39 is 23.0 Å². The van der Waals surface area contributed by atoms with Crippen LogP contribution < -0.4 is 14.8 Å². The Hall–Kier alpha value is -3.82. The summed E-state index contributed by atoms with van der Waals surface area (Å²) >= 11 is 0. The van der Waals surface area contributed by atoms with Crippen LogP contribution in [-0.4, -0.2) is 49.7 Å². The molecule has 31 heavy (non-hydrogen) atoms. The number of nitrogens with zero attached hydrogens (tertiary/aromatic N) is 2. The second-order valence-corrected chi connectivity index (χ2v) is 6.88. The first kappa shape index (κ1) is 21.9. The number of carbonyl (C=O) groups excluding carboxylic acids is 2. The minimum Gasteiger partial charge on any atom is -0.493 e. The summed E-state index contributed by atoms with van der Waals surface area (Å²) in [6, 6.07) is 8.19. The molecular formula is C21H23N3O7. The van der Waals surface area contributed by atoms with Gasteiger partial charge in [-0.1, -0.05) is 6.07 Å². The van der Waals surface area contributed by atoms with Gasteiger partial charge in [-0.2, -0.15) is 0 Å². The van der Waals surface area contributed by atoms with Gasteiger partial charge in [0.15, 0.2) is 11.5 Å². The number of non-ortho nitro benzene ring substituents is 1. The van der Waals surface area contributed by atoms with Crippen LogP contribution in [0.1, 0.15) is 23.6 Å². The number of amides is 2. The summed E-state index contributed by atoms with van der Waals surface area (Å²) < 4.78 is 15.6. The lowest BCUT2D eigenvalue weighted by molar-refractivity contribution is -0.384. The normalized spacial score (nSPS) is 14.9. The highest BCUT2D eigenvalue weighted by Crippen LogP contribution is 2.39. The Morgan fingerprint density at radius 3 is 2.52 bits per heavy atom. The molecule has 0 saturated heterocycles. The lowest BCUT2D eigenvalue weighted by Gasteiger charge is -2.37. The molecule has 0 spiro atoms. The molecule has 0 radical (unpaired) electrons. The number of benzene rings is 2. The average Bonchev–Trinajstić information content (AvgIpc) is 2.78. The molecule has 10 nitrogen and oxygen atoms in total. The summed E-state index contributed by atoms with van der Waals surface area (Å²) in [7, 11) is 4.33. The fraction of sp³-hybridized carbons (Fsp3) is 0.333. The van der Waals surface area contributed by atoms with Crippen molar-refractivity contribution in [2.45, 2.75) is 18.9 Å². The molecule has 0 saturated carbocycles. The smallest absolute Gasteiger partial charge is 0.322 e. The number of hydrogen-bond acceptors (Lipinski definition) is 7. The van der Waals surface area contributed by atoms with E-state index in [1.807, 2.05) is 6.07 Å². The van der Waals surface area contributed by atoms with E-state index in [1.54, 1.807) is 12.1 Å². The highest BCUT2D eigenvalue weighted by molar-refractivity contribution is 5.90. The van der Waals surface area contributed by atoms with Crippen molar-refractivity contribution in [1.29, 1.82) is 0 Å². The molecule has 3 rings (SSSR count). The van der Waals surface area contributed by atoms with E-state index in [9.17, 15) is 19.7 Å². The van der Waals surface area contributed by atoms with Crippen molar-refractivity contribution in [1.82, 2.24) is 4.90 Å². The van der Waals surface area contributed by atoms with Gasteiger partial charge in [-0.15, -0.1) is 0 Å². The summed E-state index contributed by atoms with van der Waals surface area (Å²) in [6.07, 6.45) is 0.483. The Morgan fingerprint density at radius 1 is 1.16 bits per heavy atom. The molecule has 2 aromatic rings. The van der Waals surface area contributed by atoms with Crippen LogP contribution in [0.25, 0.3) is 0 Å². The number of urea groups is 1. The second-order valence-electron chi connectivity index (χ2n) is 6.88. The number of hydrogen-bond donors (Lipinski definition) is 1. The summed E-state index contributed by atoms with van der Waals surface area (Å²) in [5, 5.41) is 13.7. The van der Waals surface area contributed by atoms with Gasteiger partial charge in [-0.05, 0) is 35.7 Å². The molecule has 0 aliphatic carbocycles. The number of methoxy groups -OCH3 is 3. The molecule has 1 atom stereocenters. The van der Waals surface area contributed by atoms with Gasteiger partial charge in [0.05, 0.1) is 38.7 Å². The van der Waals surface area contributed by atoms with E-state index in [1.165, 1.54) is 44.4 Å². The number of nitro groups is 1. The largest absolute Gasteiger partial charge is 0.493 e. The van der Waals surface area contributed by atoms with Gasteiger partial charge in [-0.25, -0.2) is 4.79 Å². The van der Waals surface area contributed by atoms with E-state index in [-0.39, 0.29) is 17.8 Å². The molecule has 2 aromatic carbocycles. The molecule has 1 aliphatic heterocycles. The molecule has 0 fully saturated rings. The van der Waals surface area contributed by atoms with Crippen LogP contribution in [-0.2, 0) is 16.0 Å². The monoisotopic (exact) mass is 429 g/mol. The quantitative estimate of drug-likeness (QED) is 0.425. The van der Waals surface area contributed by atoms with Crippen molar-refractivity contribution in [3.05, 3.63) is 57.6 Å². The molecular weight excluding hydrogens is 406 g/mol. The number of fused-ring (bicyclic) bond motifs is 1. The molecule has 164 valence electrons. The Kier molecular flexibility index (Phi) is 6.58. The topological polar surface area (TPSA) is 120 Å². The first-order valence-corrected chi connectivity index (χ1v) is 9.51. The summed E-state index contributed by atoms with van der Waals surface area (Å²) in [5.41, 5.74) is 1.84. The van der Waals surface area contributed by atoms with Crippen LogP contribution in [0, 0.1) is 10.1 Å². The number of rotatable bonds is 6. The van der Waals surface area contributed by atoms with Crippen LogP contribution in [0.3, 0.4) is 0 Å². The second kappa shape index (κ2) is 9.33. The van der Waals surface area contributed by atoms with Crippen molar-refractivity contribution < 1.29 is 28.7 Å². The number of esters is 1. The van der Waals surface area contributed by atoms with E-state index in [0.717, 1.165) is 11.1 Å². The van der Waals surface area contributed by atoms with Crippen molar-refractivity contribution in [3.63, 3.8) is 0 Å². The molecule has 0 bridgehead atoms. The Bertz CT molecular complexity index is 1010. The van der Waals surface area contributed by atoms with E-state index >= 15 is 0 Å². The minimum atomic E-state index is -0.602.